The third-order valence-electron chi connectivity index (χ3n) is 6.90. The van der Waals surface area contributed by atoms with Crippen LogP contribution in [-0.2, 0) is 17.2 Å². The molecule has 1 aromatic heterocycles. The van der Waals surface area contributed by atoms with Crippen LogP contribution < -0.4 is 0 Å². The van der Waals surface area contributed by atoms with Crippen LogP contribution in [0, 0.1) is 12.3 Å². The minimum Gasteiger partial charge on any atom is -0.378 e. The number of hydrogen-bond acceptors (Lipinski definition) is 3. The van der Waals surface area contributed by atoms with Crippen LogP contribution >= 0.6 is 0 Å². The van der Waals surface area contributed by atoms with E-state index in [-0.39, 0.29) is 16.4 Å². The normalized spacial score (nSPS) is 28.8. The van der Waals surface area contributed by atoms with Crippen LogP contribution in [0.25, 0.3) is 10.9 Å². The SMILES string of the molecule is COC(C)(C)[C@]1(C)CN(C)C[C@@]1(C)c1ccc2c(C)nn(C)c2c1. The van der Waals surface area contributed by atoms with Crippen molar-refractivity contribution in [2.75, 3.05) is 27.2 Å². The fraction of sp³-hybridized carbons (Fsp3) is 0.650. The molecule has 2 atom stereocenters. The highest BCUT2D eigenvalue weighted by molar-refractivity contribution is 5.82. The summed E-state index contributed by atoms with van der Waals surface area (Å²) in [4.78, 5) is 2.43. The number of rotatable bonds is 3. The van der Waals surface area contributed by atoms with Crippen molar-refractivity contribution in [2.24, 2.45) is 12.5 Å². The molecule has 0 unspecified atom stereocenters. The summed E-state index contributed by atoms with van der Waals surface area (Å²) in [7, 11) is 6.07. The highest BCUT2D eigenvalue weighted by atomic mass is 16.5. The minimum absolute atomic E-state index is 0.00478. The van der Waals surface area contributed by atoms with Crippen molar-refractivity contribution < 1.29 is 4.74 Å². The zero-order chi connectivity index (χ0) is 17.9. The van der Waals surface area contributed by atoms with Gasteiger partial charge in [-0.15, -0.1) is 0 Å². The molecule has 0 N–H and O–H groups in total. The van der Waals surface area contributed by atoms with Crippen molar-refractivity contribution in [3.63, 3.8) is 0 Å². The van der Waals surface area contributed by atoms with Gasteiger partial charge in [-0.1, -0.05) is 26.0 Å². The molecule has 0 saturated carbocycles. The Morgan fingerprint density at radius 2 is 1.83 bits per heavy atom. The van der Waals surface area contributed by atoms with Crippen LogP contribution in [0.4, 0.5) is 0 Å². The third kappa shape index (κ3) is 2.16. The van der Waals surface area contributed by atoms with Crippen LogP contribution in [0.1, 0.15) is 39.0 Å². The van der Waals surface area contributed by atoms with Gasteiger partial charge >= 0.3 is 0 Å². The summed E-state index contributed by atoms with van der Waals surface area (Å²) in [6.07, 6.45) is 0. The van der Waals surface area contributed by atoms with Crippen LogP contribution in [0.3, 0.4) is 0 Å². The van der Waals surface area contributed by atoms with Gasteiger partial charge in [-0.05, 0) is 39.4 Å². The molecule has 0 aliphatic carbocycles. The van der Waals surface area contributed by atoms with Gasteiger partial charge in [-0.3, -0.25) is 4.68 Å². The zero-order valence-electron chi connectivity index (χ0n) is 16.4. The van der Waals surface area contributed by atoms with Gasteiger partial charge in [-0.25, -0.2) is 0 Å². The van der Waals surface area contributed by atoms with E-state index in [0.717, 1.165) is 18.8 Å². The summed E-state index contributed by atoms with van der Waals surface area (Å²) in [6.45, 7) is 13.3. The van der Waals surface area contributed by atoms with Gasteiger partial charge in [0, 0.05) is 43.5 Å². The first-order chi connectivity index (χ1) is 11.1. The number of methoxy groups -OCH3 is 1. The Morgan fingerprint density at radius 3 is 2.46 bits per heavy atom. The second-order valence-electron chi connectivity index (χ2n) is 8.49. The van der Waals surface area contributed by atoms with Crippen molar-refractivity contribution >= 4 is 10.9 Å². The molecule has 1 fully saturated rings. The van der Waals surface area contributed by atoms with Crippen LogP contribution in [-0.4, -0.2) is 47.5 Å². The van der Waals surface area contributed by atoms with Gasteiger partial charge in [0.15, 0.2) is 0 Å². The number of likely N-dealkylation sites (N-methyl/N-ethyl adjacent to an activating group) is 1. The Morgan fingerprint density at radius 1 is 1.17 bits per heavy atom. The predicted molar refractivity (Wildman–Crippen MR) is 99.5 cm³/mol. The lowest BCUT2D eigenvalue weighted by Gasteiger charge is -2.50. The molecule has 132 valence electrons. The number of likely N-dealkylation sites (tertiary alicyclic amines) is 1. The fourth-order valence-corrected chi connectivity index (χ4v) is 4.76. The molecular weight excluding hydrogens is 298 g/mol. The molecule has 1 aliphatic heterocycles. The molecule has 24 heavy (non-hydrogen) atoms. The van der Waals surface area contributed by atoms with E-state index in [1.165, 1.54) is 16.5 Å². The van der Waals surface area contributed by atoms with E-state index in [9.17, 15) is 0 Å². The molecule has 4 heteroatoms. The summed E-state index contributed by atoms with van der Waals surface area (Å²) in [5.41, 5.74) is 3.46. The summed E-state index contributed by atoms with van der Waals surface area (Å²) in [5.74, 6) is 0. The van der Waals surface area contributed by atoms with Crippen molar-refractivity contribution in [3.8, 4) is 0 Å². The quantitative estimate of drug-likeness (QED) is 0.863. The molecule has 2 heterocycles. The first-order valence-corrected chi connectivity index (χ1v) is 8.73. The lowest BCUT2D eigenvalue weighted by molar-refractivity contribution is -0.0978. The Labute approximate surface area is 145 Å². The van der Waals surface area contributed by atoms with E-state index in [4.69, 9.17) is 4.74 Å². The van der Waals surface area contributed by atoms with Crippen molar-refractivity contribution in [1.82, 2.24) is 14.7 Å². The fourth-order valence-electron chi connectivity index (χ4n) is 4.76. The van der Waals surface area contributed by atoms with Crippen LogP contribution in [0.2, 0.25) is 0 Å². The Bertz CT molecular complexity index is 779. The van der Waals surface area contributed by atoms with E-state index < -0.39 is 0 Å². The topological polar surface area (TPSA) is 30.3 Å². The van der Waals surface area contributed by atoms with Gasteiger partial charge < -0.3 is 9.64 Å². The van der Waals surface area contributed by atoms with Gasteiger partial charge in [0.25, 0.3) is 0 Å². The molecule has 1 aliphatic rings. The third-order valence-corrected chi connectivity index (χ3v) is 6.90. The van der Waals surface area contributed by atoms with Crippen LogP contribution in [0.5, 0.6) is 0 Å². The number of fused-ring (bicyclic) bond motifs is 1. The molecule has 0 bridgehead atoms. The molecule has 3 rings (SSSR count). The van der Waals surface area contributed by atoms with E-state index >= 15 is 0 Å². The number of aryl methyl sites for hydroxylation is 2. The average Bonchev–Trinajstić information content (AvgIpc) is 2.94. The number of nitrogens with zero attached hydrogens (tertiary/aromatic N) is 3. The summed E-state index contributed by atoms with van der Waals surface area (Å²) >= 11 is 0. The molecule has 4 nitrogen and oxygen atoms in total. The maximum atomic E-state index is 5.96. The highest BCUT2D eigenvalue weighted by Crippen LogP contribution is 2.54. The standard InChI is InChI=1S/C20H31N3O/c1-14-16-10-9-15(11-17(16)23(7)21-14)19(4)12-22(6)13-20(19,5)18(2,3)24-8/h9-11H,12-13H2,1-8H3/t19-,20-/m0/s1. The maximum Gasteiger partial charge on any atom is 0.0697 e. The number of aromatic nitrogens is 2. The zero-order valence-corrected chi connectivity index (χ0v) is 16.4. The molecule has 0 amide bonds. The second-order valence-corrected chi connectivity index (χ2v) is 8.49. The number of benzene rings is 1. The van der Waals surface area contributed by atoms with Gasteiger partial charge in [0.2, 0.25) is 0 Å². The Balaban J connectivity index is 2.20. The molecule has 0 spiro atoms. The molecule has 1 saturated heterocycles. The van der Waals surface area contributed by atoms with E-state index in [1.807, 2.05) is 18.8 Å². The maximum absolute atomic E-state index is 5.96. The molecule has 0 radical (unpaired) electrons. The van der Waals surface area contributed by atoms with Crippen LogP contribution in [0.15, 0.2) is 18.2 Å². The Kier molecular flexibility index (Phi) is 3.85. The average molecular weight is 329 g/mol. The monoisotopic (exact) mass is 329 g/mol. The minimum atomic E-state index is -0.218. The van der Waals surface area contributed by atoms with Crippen molar-refractivity contribution in [3.05, 3.63) is 29.5 Å². The van der Waals surface area contributed by atoms with E-state index in [1.54, 1.807) is 0 Å². The Hall–Kier alpha value is -1.39. The van der Waals surface area contributed by atoms with Crippen molar-refractivity contribution in [2.45, 2.75) is 45.6 Å². The predicted octanol–water partition coefficient (Wildman–Crippen LogP) is 3.52. The first-order valence-electron chi connectivity index (χ1n) is 8.73. The smallest absolute Gasteiger partial charge is 0.0697 e. The lowest BCUT2D eigenvalue weighted by atomic mass is 9.57. The van der Waals surface area contributed by atoms with Gasteiger partial charge in [0.1, 0.15) is 0 Å². The van der Waals surface area contributed by atoms with Crippen molar-refractivity contribution in [1.29, 1.82) is 0 Å². The second kappa shape index (κ2) is 5.30. The molecule has 2 aromatic rings. The summed E-state index contributed by atoms with van der Waals surface area (Å²) in [5, 5.41) is 5.82. The first kappa shape index (κ1) is 17.4. The number of hydrogen-bond donors (Lipinski definition) is 0. The largest absolute Gasteiger partial charge is 0.378 e. The molecule has 1 aromatic carbocycles. The van der Waals surface area contributed by atoms with E-state index in [2.05, 4.69) is 69.9 Å². The van der Waals surface area contributed by atoms with Gasteiger partial charge in [-0.2, -0.15) is 5.10 Å². The number of ether oxygens (including phenoxy) is 1. The summed E-state index contributed by atoms with van der Waals surface area (Å²) < 4.78 is 7.96. The van der Waals surface area contributed by atoms with Gasteiger partial charge in [0.05, 0.1) is 16.8 Å². The van der Waals surface area contributed by atoms with E-state index in [0.29, 0.717) is 0 Å². The molecular formula is C20H31N3O. The lowest BCUT2D eigenvalue weighted by Crippen LogP contribution is -2.55. The summed E-state index contributed by atoms with van der Waals surface area (Å²) in [6, 6.07) is 6.86. The highest BCUT2D eigenvalue weighted by Gasteiger charge is 2.59.